The summed E-state index contributed by atoms with van der Waals surface area (Å²) in [7, 11) is 0. The normalized spacial score (nSPS) is 12.5. The molecule has 32 heavy (non-hydrogen) atoms. The predicted octanol–water partition coefficient (Wildman–Crippen LogP) is 12.6. The third kappa shape index (κ3) is 26.3. The molecule has 0 bridgehead atoms. The Hall–Kier alpha value is 0. The van der Waals surface area contributed by atoms with E-state index >= 15 is 0 Å². The molecule has 0 fully saturated rings. The molecule has 0 nitrogen and oxygen atoms in total. The van der Waals surface area contributed by atoms with Gasteiger partial charge in [0.1, 0.15) is 0 Å². The molecule has 0 radical (unpaired) electrons. The first-order valence-corrected chi connectivity index (χ1v) is 15.8. The van der Waals surface area contributed by atoms with Gasteiger partial charge in [-0.1, -0.05) is 201 Å². The highest BCUT2D eigenvalue weighted by Gasteiger charge is 2.08. The molecular weight excluding hydrogens is 384 g/mol. The van der Waals surface area contributed by atoms with E-state index < -0.39 is 0 Å². The third-order valence-corrected chi connectivity index (χ3v) is 7.65. The van der Waals surface area contributed by atoms with Crippen molar-refractivity contribution >= 4 is 0 Å². The number of hydrogen-bond donors (Lipinski definition) is 0. The fourth-order valence-corrected chi connectivity index (χ4v) is 5.31. The van der Waals surface area contributed by atoms with Crippen molar-refractivity contribution in [2.75, 3.05) is 0 Å². The summed E-state index contributed by atoms with van der Waals surface area (Å²) in [6, 6.07) is 0. The monoisotopic (exact) mass is 451 g/mol. The van der Waals surface area contributed by atoms with E-state index in [9.17, 15) is 0 Å². The lowest BCUT2D eigenvalue weighted by molar-refractivity contribution is 0.367. The fourth-order valence-electron chi connectivity index (χ4n) is 5.31. The topological polar surface area (TPSA) is 0 Å². The van der Waals surface area contributed by atoms with Gasteiger partial charge in [0.05, 0.1) is 0 Å². The van der Waals surface area contributed by atoms with Crippen molar-refractivity contribution in [3.63, 3.8) is 0 Å². The van der Waals surface area contributed by atoms with Gasteiger partial charge in [-0.25, -0.2) is 0 Å². The van der Waals surface area contributed by atoms with E-state index in [2.05, 4.69) is 20.8 Å². The van der Waals surface area contributed by atoms with Gasteiger partial charge in [-0.05, 0) is 5.92 Å². The summed E-state index contributed by atoms with van der Waals surface area (Å²) in [5.74, 6) is 1.04. The van der Waals surface area contributed by atoms with Gasteiger partial charge in [0.2, 0.25) is 0 Å². The molecule has 194 valence electrons. The summed E-state index contributed by atoms with van der Waals surface area (Å²) in [5, 5.41) is 0. The molecule has 0 amide bonds. The summed E-state index contributed by atoms with van der Waals surface area (Å²) in [6.07, 6.45) is 41.3. The van der Waals surface area contributed by atoms with Crippen LogP contribution in [-0.4, -0.2) is 0 Å². The second-order valence-corrected chi connectivity index (χ2v) is 11.0. The minimum atomic E-state index is 1.04. The molecule has 0 aliphatic rings. The summed E-state index contributed by atoms with van der Waals surface area (Å²) in [6.45, 7) is 6.97. The van der Waals surface area contributed by atoms with Crippen LogP contribution < -0.4 is 0 Å². The maximum atomic E-state index is 2.35. The van der Waals surface area contributed by atoms with Crippen molar-refractivity contribution in [2.24, 2.45) is 5.92 Å². The van der Waals surface area contributed by atoms with Crippen molar-refractivity contribution in [1.29, 1.82) is 0 Å². The van der Waals surface area contributed by atoms with Crippen LogP contribution in [0.25, 0.3) is 0 Å². The van der Waals surface area contributed by atoms with Gasteiger partial charge in [0.15, 0.2) is 0 Å². The van der Waals surface area contributed by atoms with Crippen LogP contribution in [0.2, 0.25) is 0 Å². The van der Waals surface area contributed by atoms with Gasteiger partial charge in [0.25, 0.3) is 0 Å². The molecule has 0 heteroatoms. The van der Waals surface area contributed by atoms with Crippen LogP contribution in [0.4, 0.5) is 0 Å². The lowest BCUT2D eigenvalue weighted by Gasteiger charge is -2.17. The molecular formula is C32H66. The average Bonchev–Trinajstić information content (AvgIpc) is 2.80. The van der Waals surface area contributed by atoms with Gasteiger partial charge >= 0.3 is 0 Å². The molecule has 0 spiro atoms. The molecule has 0 aromatic heterocycles. The largest absolute Gasteiger partial charge is 0.0654 e. The van der Waals surface area contributed by atoms with Crippen LogP contribution in [0.3, 0.4) is 0 Å². The Labute approximate surface area is 206 Å². The molecule has 0 saturated heterocycles. The zero-order chi connectivity index (χ0) is 23.4. The zero-order valence-electron chi connectivity index (χ0n) is 23.4. The summed E-state index contributed by atoms with van der Waals surface area (Å²) < 4.78 is 0. The van der Waals surface area contributed by atoms with Crippen LogP contribution in [-0.2, 0) is 0 Å². The van der Waals surface area contributed by atoms with Gasteiger partial charge < -0.3 is 0 Å². The first-order valence-electron chi connectivity index (χ1n) is 15.8. The maximum Gasteiger partial charge on any atom is -0.0414 e. The lowest BCUT2D eigenvalue weighted by atomic mass is 9.89. The second-order valence-electron chi connectivity index (χ2n) is 11.0. The molecule has 0 saturated carbocycles. The van der Waals surface area contributed by atoms with E-state index in [1.165, 1.54) is 180 Å². The van der Waals surface area contributed by atoms with Crippen molar-refractivity contribution in [2.45, 2.75) is 201 Å². The smallest absolute Gasteiger partial charge is 0.0414 e. The Morgan fingerprint density at radius 1 is 0.250 bits per heavy atom. The highest BCUT2D eigenvalue weighted by molar-refractivity contribution is 4.62. The lowest BCUT2D eigenvalue weighted by Crippen LogP contribution is -2.01. The Kier molecular flexibility index (Phi) is 29.0. The van der Waals surface area contributed by atoms with E-state index in [1.807, 2.05) is 0 Å². The molecule has 1 atom stereocenters. The first-order chi connectivity index (χ1) is 15.8. The summed E-state index contributed by atoms with van der Waals surface area (Å²) in [5.41, 5.74) is 0. The molecule has 0 aliphatic carbocycles. The summed E-state index contributed by atoms with van der Waals surface area (Å²) >= 11 is 0. The van der Waals surface area contributed by atoms with E-state index in [0.29, 0.717) is 0 Å². The molecule has 0 aromatic rings. The Balaban J connectivity index is 3.59. The van der Waals surface area contributed by atoms with E-state index in [4.69, 9.17) is 0 Å². The van der Waals surface area contributed by atoms with Crippen LogP contribution >= 0.6 is 0 Å². The van der Waals surface area contributed by atoms with Gasteiger partial charge in [0, 0.05) is 0 Å². The number of hydrogen-bond acceptors (Lipinski definition) is 0. The van der Waals surface area contributed by atoms with Crippen molar-refractivity contribution in [3.8, 4) is 0 Å². The minimum Gasteiger partial charge on any atom is -0.0654 e. The van der Waals surface area contributed by atoms with Crippen molar-refractivity contribution in [3.05, 3.63) is 0 Å². The predicted molar refractivity (Wildman–Crippen MR) is 150 cm³/mol. The SMILES string of the molecule is CCCCCCCCCCCCCCC(CCCCC)CCCCCCCCCCCC. The van der Waals surface area contributed by atoms with Crippen LogP contribution in [0.5, 0.6) is 0 Å². The maximum absolute atomic E-state index is 2.35. The standard InChI is InChI=1S/C32H66/c1-4-7-10-12-14-16-18-19-21-23-25-28-31-32(29-26-9-6-3)30-27-24-22-20-17-15-13-11-8-5-2/h32H,4-31H2,1-3H3. The molecule has 0 N–H and O–H groups in total. The number of rotatable bonds is 28. The number of unbranched alkanes of at least 4 members (excludes halogenated alkanes) is 22. The van der Waals surface area contributed by atoms with Crippen LogP contribution in [0, 0.1) is 5.92 Å². The van der Waals surface area contributed by atoms with Crippen molar-refractivity contribution < 1.29 is 0 Å². The Bertz CT molecular complexity index is 307. The van der Waals surface area contributed by atoms with E-state index in [1.54, 1.807) is 0 Å². The first kappa shape index (κ1) is 32.0. The van der Waals surface area contributed by atoms with Crippen molar-refractivity contribution in [1.82, 2.24) is 0 Å². The van der Waals surface area contributed by atoms with E-state index in [-0.39, 0.29) is 0 Å². The van der Waals surface area contributed by atoms with E-state index in [0.717, 1.165) is 5.92 Å². The molecule has 0 aromatic carbocycles. The quantitative estimate of drug-likeness (QED) is 0.104. The molecule has 0 heterocycles. The minimum absolute atomic E-state index is 1.04. The van der Waals surface area contributed by atoms with Gasteiger partial charge in [-0.3, -0.25) is 0 Å². The highest BCUT2D eigenvalue weighted by Crippen LogP contribution is 2.24. The van der Waals surface area contributed by atoms with Crippen LogP contribution in [0.15, 0.2) is 0 Å². The third-order valence-electron chi connectivity index (χ3n) is 7.65. The van der Waals surface area contributed by atoms with Gasteiger partial charge in [-0.15, -0.1) is 0 Å². The fraction of sp³-hybridized carbons (Fsp3) is 1.00. The Morgan fingerprint density at radius 3 is 0.719 bits per heavy atom. The second kappa shape index (κ2) is 29.0. The molecule has 0 rings (SSSR count). The molecule has 1 unspecified atom stereocenters. The highest BCUT2D eigenvalue weighted by atomic mass is 14.1. The van der Waals surface area contributed by atoms with Gasteiger partial charge in [-0.2, -0.15) is 0 Å². The molecule has 0 aliphatic heterocycles. The Morgan fingerprint density at radius 2 is 0.438 bits per heavy atom. The summed E-state index contributed by atoms with van der Waals surface area (Å²) in [4.78, 5) is 0. The zero-order valence-corrected chi connectivity index (χ0v) is 23.4. The average molecular weight is 451 g/mol. The van der Waals surface area contributed by atoms with Crippen LogP contribution in [0.1, 0.15) is 201 Å².